The fourth-order valence-corrected chi connectivity index (χ4v) is 1.20. The summed E-state index contributed by atoms with van der Waals surface area (Å²) in [7, 11) is 0. The van der Waals surface area contributed by atoms with E-state index in [1.165, 1.54) is 0 Å². The molecule has 0 fully saturated rings. The Kier molecular flexibility index (Phi) is 8.67. The molecule has 0 aliphatic heterocycles. The molecule has 0 aromatic carbocycles. The molecule has 0 saturated heterocycles. The minimum absolute atomic E-state index is 0.216. The van der Waals surface area contributed by atoms with Crippen LogP contribution < -0.4 is 5.11 Å². The van der Waals surface area contributed by atoms with Crippen LogP contribution in [0.5, 0.6) is 0 Å². The fourth-order valence-electron chi connectivity index (χ4n) is 0.746. The standard InChI is InChI=1S/C6H12O2.C4H4S/c1-2-3-4-5-6(7)8;1-2-4-5-3-1/h2-5H2,1H3,(H,7,8);1-4H/p-1. The molecule has 0 amide bonds. The van der Waals surface area contributed by atoms with Crippen LogP contribution in [0, 0.1) is 0 Å². The van der Waals surface area contributed by atoms with Gasteiger partial charge in [0.1, 0.15) is 0 Å². The second kappa shape index (κ2) is 9.26. The monoisotopic (exact) mass is 199 g/mol. The van der Waals surface area contributed by atoms with Crippen molar-refractivity contribution in [2.45, 2.75) is 32.6 Å². The van der Waals surface area contributed by atoms with Gasteiger partial charge in [0.2, 0.25) is 0 Å². The van der Waals surface area contributed by atoms with Crippen LogP contribution in [0.25, 0.3) is 0 Å². The van der Waals surface area contributed by atoms with Crippen LogP contribution in [0.15, 0.2) is 22.9 Å². The maximum Gasteiger partial charge on any atom is 0.0414 e. The lowest BCUT2D eigenvalue weighted by atomic mass is 10.2. The summed E-state index contributed by atoms with van der Waals surface area (Å²) in [4.78, 5) is 9.76. The zero-order chi connectivity index (χ0) is 9.94. The van der Waals surface area contributed by atoms with Crippen molar-refractivity contribution in [1.82, 2.24) is 0 Å². The summed E-state index contributed by atoms with van der Waals surface area (Å²) in [5.41, 5.74) is 0. The van der Waals surface area contributed by atoms with Crippen LogP contribution >= 0.6 is 11.3 Å². The third-order valence-electron chi connectivity index (χ3n) is 1.41. The molecule has 1 heterocycles. The second-order valence-electron chi connectivity index (χ2n) is 2.62. The van der Waals surface area contributed by atoms with E-state index in [-0.39, 0.29) is 6.42 Å². The third kappa shape index (κ3) is 11.2. The highest BCUT2D eigenvalue weighted by Crippen LogP contribution is 1.96. The number of hydrogen-bond donors (Lipinski definition) is 0. The van der Waals surface area contributed by atoms with Crippen LogP contribution in [-0.4, -0.2) is 5.97 Å². The van der Waals surface area contributed by atoms with Crippen LogP contribution in [0.1, 0.15) is 32.6 Å². The average molecular weight is 199 g/mol. The lowest BCUT2D eigenvalue weighted by Gasteiger charge is -1.97. The number of thiophene rings is 1. The van der Waals surface area contributed by atoms with E-state index in [1.807, 2.05) is 29.8 Å². The first kappa shape index (κ1) is 12.2. The van der Waals surface area contributed by atoms with Crippen LogP contribution in [0.3, 0.4) is 0 Å². The van der Waals surface area contributed by atoms with Crippen molar-refractivity contribution in [2.75, 3.05) is 0 Å². The fraction of sp³-hybridized carbons (Fsp3) is 0.500. The summed E-state index contributed by atoms with van der Waals surface area (Å²) in [6.45, 7) is 2.04. The molecular formula is C10H15O2S-. The van der Waals surface area contributed by atoms with Gasteiger partial charge in [-0.15, -0.1) is 0 Å². The van der Waals surface area contributed by atoms with Gasteiger partial charge in [0.05, 0.1) is 0 Å². The first-order valence-electron chi connectivity index (χ1n) is 4.44. The van der Waals surface area contributed by atoms with E-state index >= 15 is 0 Å². The summed E-state index contributed by atoms with van der Waals surface area (Å²) < 4.78 is 0. The highest BCUT2D eigenvalue weighted by Gasteiger charge is 1.84. The molecule has 74 valence electrons. The van der Waals surface area contributed by atoms with Crippen molar-refractivity contribution < 1.29 is 9.90 Å². The number of unbranched alkanes of at least 4 members (excludes halogenated alkanes) is 2. The predicted octanol–water partition coefficient (Wildman–Crippen LogP) is 2.06. The Morgan fingerprint density at radius 2 is 1.92 bits per heavy atom. The lowest BCUT2D eigenvalue weighted by molar-refractivity contribution is -0.305. The van der Waals surface area contributed by atoms with Crippen LogP contribution in [0.2, 0.25) is 0 Å². The van der Waals surface area contributed by atoms with E-state index in [9.17, 15) is 9.90 Å². The number of carbonyl (C=O) groups excluding carboxylic acids is 1. The molecule has 13 heavy (non-hydrogen) atoms. The molecular weight excluding hydrogens is 184 g/mol. The van der Waals surface area contributed by atoms with Gasteiger partial charge in [-0.2, -0.15) is 11.3 Å². The summed E-state index contributed by atoms with van der Waals surface area (Å²) in [6, 6.07) is 4.04. The molecule has 2 nitrogen and oxygen atoms in total. The van der Waals surface area contributed by atoms with E-state index in [2.05, 4.69) is 0 Å². The predicted molar refractivity (Wildman–Crippen MR) is 53.5 cm³/mol. The van der Waals surface area contributed by atoms with E-state index in [0.29, 0.717) is 0 Å². The van der Waals surface area contributed by atoms with Crippen molar-refractivity contribution in [3.8, 4) is 0 Å². The van der Waals surface area contributed by atoms with Crippen molar-refractivity contribution in [2.24, 2.45) is 0 Å². The normalized spacial score (nSPS) is 8.69. The van der Waals surface area contributed by atoms with Gasteiger partial charge >= 0.3 is 0 Å². The van der Waals surface area contributed by atoms with E-state index in [1.54, 1.807) is 11.3 Å². The molecule has 1 aromatic rings. The minimum Gasteiger partial charge on any atom is -0.550 e. The van der Waals surface area contributed by atoms with Gasteiger partial charge in [-0.1, -0.05) is 31.9 Å². The zero-order valence-electron chi connectivity index (χ0n) is 7.86. The zero-order valence-corrected chi connectivity index (χ0v) is 8.68. The Morgan fingerprint density at radius 3 is 2.23 bits per heavy atom. The van der Waals surface area contributed by atoms with Crippen molar-refractivity contribution in [3.63, 3.8) is 0 Å². The molecule has 0 spiro atoms. The summed E-state index contributed by atoms with van der Waals surface area (Å²) >= 11 is 1.71. The quantitative estimate of drug-likeness (QED) is 0.696. The SMILES string of the molecule is CCCCCC(=O)[O-].c1ccsc1. The van der Waals surface area contributed by atoms with E-state index < -0.39 is 5.97 Å². The number of rotatable bonds is 4. The van der Waals surface area contributed by atoms with Gasteiger partial charge in [-0.25, -0.2) is 0 Å². The van der Waals surface area contributed by atoms with Crippen LogP contribution in [0.4, 0.5) is 0 Å². The Balaban J connectivity index is 0.000000243. The van der Waals surface area contributed by atoms with E-state index in [4.69, 9.17) is 0 Å². The number of carboxylic acid groups (broad SMARTS) is 1. The topological polar surface area (TPSA) is 40.1 Å². The molecule has 1 aromatic heterocycles. The average Bonchev–Trinajstić information content (AvgIpc) is 2.61. The molecule has 0 atom stereocenters. The number of carbonyl (C=O) groups is 1. The maximum atomic E-state index is 9.76. The molecule has 0 radical (unpaired) electrons. The molecule has 0 N–H and O–H groups in total. The molecule has 0 aliphatic carbocycles. The molecule has 0 saturated carbocycles. The summed E-state index contributed by atoms with van der Waals surface area (Å²) in [6.07, 6.45) is 3.04. The van der Waals surface area contributed by atoms with Gasteiger partial charge in [0.15, 0.2) is 0 Å². The number of aliphatic carboxylic acids is 1. The van der Waals surface area contributed by atoms with Gasteiger partial charge in [0.25, 0.3) is 0 Å². The first-order chi connectivity index (χ1) is 6.27. The Morgan fingerprint density at radius 1 is 1.31 bits per heavy atom. The largest absolute Gasteiger partial charge is 0.550 e. The summed E-state index contributed by atoms with van der Waals surface area (Å²) in [5.74, 6) is -0.932. The van der Waals surface area contributed by atoms with E-state index in [0.717, 1.165) is 19.3 Å². The molecule has 0 aliphatic rings. The molecule has 0 bridgehead atoms. The second-order valence-corrected chi connectivity index (χ2v) is 3.44. The Bertz CT molecular complexity index is 177. The highest BCUT2D eigenvalue weighted by atomic mass is 32.1. The van der Waals surface area contributed by atoms with Gasteiger partial charge < -0.3 is 9.90 Å². The van der Waals surface area contributed by atoms with Gasteiger partial charge in [-0.3, -0.25) is 0 Å². The number of carboxylic acids is 1. The van der Waals surface area contributed by atoms with Crippen molar-refractivity contribution in [1.29, 1.82) is 0 Å². The van der Waals surface area contributed by atoms with Crippen LogP contribution in [-0.2, 0) is 4.79 Å². The third-order valence-corrected chi connectivity index (χ3v) is 2.04. The van der Waals surface area contributed by atoms with Crippen molar-refractivity contribution >= 4 is 17.3 Å². The van der Waals surface area contributed by atoms with Crippen molar-refractivity contribution in [3.05, 3.63) is 22.9 Å². The minimum atomic E-state index is -0.932. The molecule has 0 unspecified atom stereocenters. The summed E-state index contributed by atoms with van der Waals surface area (Å²) in [5, 5.41) is 13.8. The highest BCUT2D eigenvalue weighted by molar-refractivity contribution is 7.07. The molecule has 1 rings (SSSR count). The smallest absolute Gasteiger partial charge is 0.0414 e. The maximum absolute atomic E-state index is 9.76. The Labute approximate surface area is 83.2 Å². The first-order valence-corrected chi connectivity index (χ1v) is 5.38. The lowest BCUT2D eigenvalue weighted by Crippen LogP contribution is -2.21. The number of hydrogen-bond acceptors (Lipinski definition) is 3. The van der Waals surface area contributed by atoms with Gasteiger partial charge in [0, 0.05) is 5.97 Å². The van der Waals surface area contributed by atoms with Gasteiger partial charge in [-0.05, 0) is 23.6 Å². The molecule has 3 heteroatoms. The Hall–Kier alpha value is -0.830.